The van der Waals surface area contributed by atoms with Gasteiger partial charge in [0.05, 0.1) is 6.54 Å². The number of amides is 2. The zero-order valence-corrected chi connectivity index (χ0v) is 11.6. The Hall–Kier alpha value is -1.91. The van der Waals surface area contributed by atoms with Gasteiger partial charge in [0.1, 0.15) is 5.82 Å². The molecule has 4 nitrogen and oxygen atoms in total. The first kappa shape index (κ1) is 15.1. The number of aryl methyl sites for hydroxylation is 1. The Bertz CT molecular complexity index is 493. The Kier molecular flexibility index (Phi) is 4.64. The average Bonchev–Trinajstić information content (AvgIpc) is 2.27. The summed E-state index contributed by atoms with van der Waals surface area (Å²) >= 11 is 0. The highest BCUT2D eigenvalue weighted by Crippen LogP contribution is 2.09. The number of hydrogen-bond donors (Lipinski definition) is 2. The van der Waals surface area contributed by atoms with Gasteiger partial charge in [0.2, 0.25) is 5.91 Å². The van der Waals surface area contributed by atoms with Crippen LogP contribution in [0.3, 0.4) is 0 Å². The molecule has 0 aromatic heterocycles. The van der Waals surface area contributed by atoms with E-state index in [2.05, 4.69) is 10.6 Å². The van der Waals surface area contributed by atoms with E-state index in [0.29, 0.717) is 5.56 Å². The van der Waals surface area contributed by atoms with Crippen molar-refractivity contribution in [2.24, 2.45) is 0 Å². The number of carbonyl (C=O) groups excluding carboxylic acids is 2. The Balaban J connectivity index is 2.61. The standard InChI is InChI=1S/C14H19FN2O2/c1-9-5-6-10(15)7-11(9)13(19)16-8-12(18)17-14(2,3)4/h5-7H,8H2,1-4H3,(H,16,19)(H,17,18). The van der Waals surface area contributed by atoms with Crippen LogP contribution in [0.15, 0.2) is 18.2 Å². The lowest BCUT2D eigenvalue weighted by Gasteiger charge is -2.20. The molecule has 1 rings (SSSR count). The largest absolute Gasteiger partial charge is 0.350 e. The molecule has 19 heavy (non-hydrogen) atoms. The van der Waals surface area contributed by atoms with Crippen molar-refractivity contribution in [2.45, 2.75) is 33.2 Å². The molecule has 0 saturated carbocycles. The van der Waals surface area contributed by atoms with Gasteiger partial charge in [-0.15, -0.1) is 0 Å². The van der Waals surface area contributed by atoms with Crippen LogP contribution < -0.4 is 10.6 Å². The van der Waals surface area contributed by atoms with Crippen molar-refractivity contribution in [3.8, 4) is 0 Å². The van der Waals surface area contributed by atoms with Crippen LogP contribution in [0.5, 0.6) is 0 Å². The van der Waals surface area contributed by atoms with E-state index in [1.165, 1.54) is 12.1 Å². The van der Waals surface area contributed by atoms with E-state index in [1.807, 2.05) is 20.8 Å². The highest BCUT2D eigenvalue weighted by molar-refractivity contribution is 5.97. The van der Waals surface area contributed by atoms with Crippen molar-refractivity contribution in [3.05, 3.63) is 35.1 Å². The molecule has 0 bridgehead atoms. The Morgan fingerprint density at radius 2 is 1.89 bits per heavy atom. The predicted octanol–water partition coefficient (Wildman–Crippen LogP) is 1.78. The summed E-state index contributed by atoms with van der Waals surface area (Å²) in [6.45, 7) is 7.13. The SMILES string of the molecule is Cc1ccc(F)cc1C(=O)NCC(=O)NC(C)(C)C. The first-order valence-corrected chi connectivity index (χ1v) is 6.04. The molecule has 0 saturated heterocycles. The Labute approximate surface area is 112 Å². The van der Waals surface area contributed by atoms with Crippen LogP contribution in [0, 0.1) is 12.7 Å². The van der Waals surface area contributed by atoms with E-state index in [9.17, 15) is 14.0 Å². The monoisotopic (exact) mass is 266 g/mol. The molecule has 2 amide bonds. The molecule has 0 aliphatic carbocycles. The predicted molar refractivity (Wildman–Crippen MR) is 71.4 cm³/mol. The van der Waals surface area contributed by atoms with Gasteiger partial charge in [0.15, 0.2) is 0 Å². The van der Waals surface area contributed by atoms with Gasteiger partial charge in [0.25, 0.3) is 5.91 Å². The van der Waals surface area contributed by atoms with Gasteiger partial charge in [-0.3, -0.25) is 9.59 Å². The zero-order valence-electron chi connectivity index (χ0n) is 11.6. The maximum atomic E-state index is 13.1. The van der Waals surface area contributed by atoms with Gasteiger partial charge >= 0.3 is 0 Å². The minimum atomic E-state index is -0.477. The Morgan fingerprint density at radius 1 is 1.26 bits per heavy atom. The molecule has 0 aliphatic rings. The van der Waals surface area contributed by atoms with Crippen LogP contribution in [-0.4, -0.2) is 23.9 Å². The molecule has 1 aromatic carbocycles. The van der Waals surface area contributed by atoms with E-state index < -0.39 is 11.7 Å². The molecule has 0 fully saturated rings. The second-order valence-electron chi connectivity index (χ2n) is 5.44. The van der Waals surface area contributed by atoms with E-state index in [0.717, 1.165) is 6.07 Å². The third-order valence-corrected chi connectivity index (χ3v) is 2.37. The summed E-state index contributed by atoms with van der Waals surface area (Å²) in [6.07, 6.45) is 0. The van der Waals surface area contributed by atoms with Gasteiger partial charge in [-0.05, 0) is 45.4 Å². The number of halogens is 1. The number of hydrogen-bond acceptors (Lipinski definition) is 2. The summed E-state index contributed by atoms with van der Waals surface area (Å²) in [6, 6.07) is 3.98. The van der Waals surface area contributed by atoms with Crippen LogP contribution in [0.1, 0.15) is 36.7 Å². The Morgan fingerprint density at radius 3 is 2.47 bits per heavy atom. The van der Waals surface area contributed by atoms with E-state index >= 15 is 0 Å². The summed E-state index contributed by atoms with van der Waals surface area (Å²) < 4.78 is 13.1. The molecular formula is C14H19FN2O2. The second-order valence-corrected chi connectivity index (χ2v) is 5.44. The fourth-order valence-corrected chi connectivity index (χ4v) is 1.56. The van der Waals surface area contributed by atoms with Gasteiger partial charge < -0.3 is 10.6 Å². The van der Waals surface area contributed by atoms with Gasteiger partial charge in [-0.1, -0.05) is 6.07 Å². The van der Waals surface area contributed by atoms with Gasteiger partial charge in [-0.25, -0.2) is 4.39 Å². The van der Waals surface area contributed by atoms with Crippen molar-refractivity contribution in [1.29, 1.82) is 0 Å². The summed E-state index contributed by atoms with van der Waals surface area (Å²) in [7, 11) is 0. The van der Waals surface area contributed by atoms with Crippen LogP contribution in [0.2, 0.25) is 0 Å². The summed E-state index contributed by atoms with van der Waals surface area (Å²) in [5, 5.41) is 5.20. The van der Waals surface area contributed by atoms with E-state index in [4.69, 9.17) is 0 Å². The molecule has 2 N–H and O–H groups in total. The number of benzene rings is 1. The quantitative estimate of drug-likeness (QED) is 0.876. The highest BCUT2D eigenvalue weighted by Gasteiger charge is 2.15. The van der Waals surface area contributed by atoms with Crippen molar-refractivity contribution in [2.75, 3.05) is 6.54 Å². The third kappa shape index (κ3) is 5.07. The first-order chi connectivity index (χ1) is 8.69. The number of nitrogens with one attached hydrogen (secondary N) is 2. The lowest BCUT2D eigenvalue weighted by molar-refractivity contribution is -0.121. The number of rotatable bonds is 3. The van der Waals surface area contributed by atoms with Crippen molar-refractivity contribution in [1.82, 2.24) is 10.6 Å². The molecule has 0 radical (unpaired) electrons. The smallest absolute Gasteiger partial charge is 0.252 e. The first-order valence-electron chi connectivity index (χ1n) is 6.04. The van der Waals surface area contributed by atoms with Crippen LogP contribution >= 0.6 is 0 Å². The third-order valence-electron chi connectivity index (χ3n) is 2.37. The van der Waals surface area contributed by atoms with Crippen molar-refractivity contribution < 1.29 is 14.0 Å². The van der Waals surface area contributed by atoms with Crippen molar-refractivity contribution >= 4 is 11.8 Å². The normalized spacial score (nSPS) is 11.0. The molecule has 0 spiro atoms. The molecule has 0 atom stereocenters. The molecule has 5 heteroatoms. The second kappa shape index (κ2) is 5.82. The molecule has 104 valence electrons. The summed E-state index contributed by atoms with van der Waals surface area (Å²) in [5.74, 6) is -1.22. The van der Waals surface area contributed by atoms with Gasteiger partial charge in [0, 0.05) is 11.1 Å². The lowest BCUT2D eigenvalue weighted by Crippen LogP contribution is -2.45. The lowest BCUT2D eigenvalue weighted by atomic mass is 10.1. The minimum absolute atomic E-state index is 0.133. The molecule has 0 aliphatic heterocycles. The zero-order chi connectivity index (χ0) is 14.6. The summed E-state index contributed by atoms with van der Waals surface area (Å²) in [5.41, 5.74) is 0.551. The molecule has 0 heterocycles. The van der Waals surface area contributed by atoms with Crippen LogP contribution in [-0.2, 0) is 4.79 Å². The van der Waals surface area contributed by atoms with E-state index in [-0.39, 0.29) is 23.6 Å². The number of carbonyl (C=O) groups is 2. The maximum absolute atomic E-state index is 13.1. The fourth-order valence-electron chi connectivity index (χ4n) is 1.56. The van der Waals surface area contributed by atoms with E-state index in [1.54, 1.807) is 6.92 Å². The van der Waals surface area contributed by atoms with Crippen molar-refractivity contribution in [3.63, 3.8) is 0 Å². The molecule has 0 unspecified atom stereocenters. The molecular weight excluding hydrogens is 247 g/mol. The average molecular weight is 266 g/mol. The summed E-state index contributed by atoms with van der Waals surface area (Å²) in [4.78, 5) is 23.4. The maximum Gasteiger partial charge on any atom is 0.252 e. The van der Waals surface area contributed by atoms with Crippen LogP contribution in [0.4, 0.5) is 4.39 Å². The topological polar surface area (TPSA) is 58.2 Å². The highest BCUT2D eigenvalue weighted by atomic mass is 19.1. The van der Waals surface area contributed by atoms with Crippen LogP contribution in [0.25, 0.3) is 0 Å². The fraction of sp³-hybridized carbons (Fsp3) is 0.429. The molecule has 1 aromatic rings. The van der Waals surface area contributed by atoms with Gasteiger partial charge in [-0.2, -0.15) is 0 Å². The minimum Gasteiger partial charge on any atom is -0.350 e.